The number of aliphatic imine (C=N–C) groups is 1. The maximum atomic E-state index is 13.1. The Morgan fingerprint density at radius 1 is 1.26 bits per heavy atom. The first kappa shape index (κ1) is 23.5. The third-order valence-electron chi connectivity index (χ3n) is 4.73. The van der Waals surface area contributed by atoms with Gasteiger partial charge in [-0.3, -0.25) is 4.79 Å². The average Bonchev–Trinajstić information content (AvgIpc) is 3.09. The molecule has 1 aromatic rings. The highest BCUT2D eigenvalue weighted by Gasteiger charge is 2.48. The van der Waals surface area contributed by atoms with Gasteiger partial charge < -0.3 is 15.0 Å². The second-order valence-electron chi connectivity index (χ2n) is 8.51. The van der Waals surface area contributed by atoms with Crippen LogP contribution in [0.4, 0.5) is 9.18 Å². The molecule has 2 fully saturated rings. The van der Waals surface area contributed by atoms with Crippen molar-refractivity contribution in [3.05, 3.63) is 35.6 Å². The number of benzene rings is 1. The number of nitrogens with zero attached hydrogens (tertiary/aromatic N) is 2. The minimum Gasteiger partial charge on any atom is -0.444 e. The molecule has 2 saturated heterocycles. The van der Waals surface area contributed by atoms with Crippen molar-refractivity contribution in [2.24, 2.45) is 4.99 Å². The summed E-state index contributed by atoms with van der Waals surface area (Å²) in [6.07, 6.45) is -0.163. The molecule has 2 atom stereocenters. The summed E-state index contributed by atoms with van der Waals surface area (Å²) in [4.78, 5) is 30.0. The molecule has 2 aliphatic rings. The van der Waals surface area contributed by atoms with E-state index in [1.54, 1.807) is 32.9 Å². The van der Waals surface area contributed by atoms with Gasteiger partial charge in [-0.25, -0.2) is 17.6 Å². The van der Waals surface area contributed by atoms with E-state index in [1.807, 2.05) is 4.90 Å². The summed E-state index contributed by atoms with van der Waals surface area (Å²) in [5.41, 5.74) is 0.216. The number of amides is 2. The number of nitrogens with one attached hydrogen (secondary N) is 1. The number of ether oxygens (including phenoxy) is 1. The van der Waals surface area contributed by atoms with E-state index in [9.17, 15) is 22.4 Å². The summed E-state index contributed by atoms with van der Waals surface area (Å²) in [6, 6.07) is 5.83. The lowest BCUT2D eigenvalue weighted by molar-refractivity contribution is -0.117. The van der Waals surface area contributed by atoms with E-state index in [1.165, 1.54) is 23.9 Å². The van der Waals surface area contributed by atoms with Crippen LogP contribution in [0.3, 0.4) is 0 Å². The maximum absolute atomic E-state index is 13.1. The number of thioether (sulfide) groups is 1. The summed E-state index contributed by atoms with van der Waals surface area (Å²) in [5.74, 6) is -0.827. The average molecular weight is 472 g/mol. The van der Waals surface area contributed by atoms with Gasteiger partial charge in [0.2, 0.25) is 0 Å². The van der Waals surface area contributed by atoms with Gasteiger partial charge in [0.1, 0.15) is 18.0 Å². The van der Waals surface area contributed by atoms with E-state index >= 15 is 0 Å². The first-order chi connectivity index (χ1) is 14.4. The highest BCUT2D eigenvalue weighted by molar-refractivity contribution is 8.15. The van der Waals surface area contributed by atoms with Crippen LogP contribution in [0.25, 0.3) is 0 Å². The normalized spacial score (nSPS) is 23.6. The number of hydrogen-bond donors (Lipinski definition) is 1. The molecule has 11 heteroatoms. The lowest BCUT2D eigenvalue weighted by Gasteiger charge is -2.24. The number of hydrogen-bond acceptors (Lipinski definition) is 6. The molecule has 0 aromatic heterocycles. The van der Waals surface area contributed by atoms with Crippen molar-refractivity contribution in [3.63, 3.8) is 0 Å². The predicted octanol–water partition coefficient (Wildman–Crippen LogP) is 1.99. The van der Waals surface area contributed by atoms with Crippen molar-refractivity contribution in [1.82, 2.24) is 10.2 Å². The van der Waals surface area contributed by atoms with Crippen LogP contribution in [-0.4, -0.2) is 72.0 Å². The molecule has 31 heavy (non-hydrogen) atoms. The molecular formula is C20H26FN3O5S2. The standard InChI is InChI=1S/C20H26FN3O5S2/c1-20(2,3)29-19(26)22-10-17(25)23-18-24(9-8-13-4-6-14(21)7-5-13)15-11-31(27,28)12-16(15)30-18/h4-7,15-16H,8-12H2,1-3H3,(H,22,26)/t15-,16+/m0/s1. The molecule has 0 unspecified atom stereocenters. The Morgan fingerprint density at radius 3 is 2.58 bits per heavy atom. The number of alkyl carbamates (subject to hydrolysis) is 1. The molecule has 2 aliphatic heterocycles. The van der Waals surface area contributed by atoms with Crippen LogP contribution in [0.5, 0.6) is 0 Å². The second kappa shape index (κ2) is 9.15. The zero-order chi connectivity index (χ0) is 22.8. The number of halogens is 1. The van der Waals surface area contributed by atoms with Crippen molar-refractivity contribution in [3.8, 4) is 0 Å². The first-order valence-corrected chi connectivity index (χ1v) is 12.6. The van der Waals surface area contributed by atoms with Gasteiger partial charge in [0.15, 0.2) is 15.0 Å². The lowest BCUT2D eigenvalue weighted by Crippen LogP contribution is -2.39. The van der Waals surface area contributed by atoms with Gasteiger partial charge in [0.25, 0.3) is 5.91 Å². The lowest BCUT2D eigenvalue weighted by atomic mass is 10.1. The van der Waals surface area contributed by atoms with Gasteiger partial charge in [0, 0.05) is 11.8 Å². The van der Waals surface area contributed by atoms with Crippen molar-refractivity contribution in [2.75, 3.05) is 24.6 Å². The second-order valence-corrected chi connectivity index (χ2v) is 11.9. The van der Waals surface area contributed by atoms with Gasteiger partial charge in [-0.2, -0.15) is 4.99 Å². The van der Waals surface area contributed by atoms with E-state index in [0.717, 1.165) is 5.56 Å². The van der Waals surface area contributed by atoms with Crippen LogP contribution in [0.1, 0.15) is 26.3 Å². The molecule has 0 saturated carbocycles. The van der Waals surface area contributed by atoms with Gasteiger partial charge >= 0.3 is 6.09 Å². The molecule has 170 valence electrons. The van der Waals surface area contributed by atoms with Gasteiger partial charge in [-0.1, -0.05) is 23.9 Å². The third-order valence-corrected chi connectivity index (χ3v) is 7.98. The van der Waals surface area contributed by atoms with E-state index in [2.05, 4.69) is 10.3 Å². The molecule has 8 nitrogen and oxygen atoms in total. The van der Waals surface area contributed by atoms with Crippen molar-refractivity contribution >= 4 is 38.8 Å². The fourth-order valence-corrected chi connectivity index (χ4v) is 7.40. The zero-order valence-electron chi connectivity index (χ0n) is 17.6. The molecular weight excluding hydrogens is 445 g/mol. The summed E-state index contributed by atoms with van der Waals surface area (Å²) < 4.78 is 42.4. The fourth-order valence-electron chi connectivity index (χ4n) is 3.41. The van der Waals surface area contributed by atoms with Crippen molar-refractivity contribution in [2.45, 2.75) is 44.1 Å². The molecule has 3 rings (SSSR count). The monoisotopic (exact) mass is 471 g/mol. The topological polar surface area (TPSA) is 105 Å². The smallest absolute Gasteiger partial charge is 0.408 e. The van der Waals surface area contributed by atoms with Crippen LogP contribution in [0.15, 0.2) is 29.3 Å². The van der Waals surface area contributed by atoms with E-state index in [-0.39, 0.29) is 35.2 Å². The fraction of sp³-hybridized carbons (Fsp3) is 0.550. The number of amidine groups is 1. The largest absolute Gasteiger partial charge is 0.444 e. The van der Waals surface area contributed by atoms with Gasteiger partial charge in [-0.05, 0) is 44.9 Å². The molecule has 0 aliphatic carbocycles. The minimum absolute atomic E-state index is 0.0114. The van der Waals surface area contributed by atoms with Gasteiger partial charge in [0.05, 0.1) is 17.5 Å². The van der Waals surface area contributed by atoms with Crippen molar-refractivity contribution < 1.29 is 27.1 Å². The maximum Gasteiger partial charge on any atom is 0.408 e. The molecule has 0 spiro atoms. The zero-order valence-corrected chi connectivity index (χ0v) is 19.3. The Bertz CT molecular complexity index is 974. The predicted molar refractivity (Wildman–Crippen MR) is 117 cm³/mol. The molecule has 1 N–H and O–H groups in total. The highest BCUT2D eigenvalue weighted by atomic mass is 32.2. The number of carbonyl (C=O) groups excluding carboxylic acids is 2. The van der Waals surface area contributed by atoms with Gasteiger partial charge in [-0.15, -0.1) is 0 Å². The molecule has 0 radical (unpaired) electrons. The van der Waals surface area contributed by atoms with Crippen molar-refractivity contribution in [1.29, 1.82) is 0 Å². The number of sulfone groups is 1. The summed E-state index contributed by atoms with van der Waals surface area (Å²) >= 11 is 1.27. The van der Waals surface area contributed by atoms with Crippen LogP contribution >= 0.6 is 11.8 Å². The van der Waals surface area contributed by atoms with Crippen LogP contribution < -0.4 is 5.32 Å². The SMILES string of the molecule is CC(C)(C)OC(=O)NCC(=O)N=C1S[C@@H]2CS(=O)(=O)C[C@@H]2N1CCc1ccc(F)cc1. The van der Waals surface area contributed by atoms with Crippen LogP contribution in [-0.2, 0) is 25.8 Å². The van der Waals surface area contributed by atoms with E-state index < -0.39 is 27.4 Å². The Hall–Kier alpha value is -2.14. The summed E-state index contributed by atoms with van der Waals surface area (Å²) in [5, 5.41) is 2.63. The van der Waals surface area contributed by atoms with Crippen LogP contribution in [0, 0.1) is 5.82 Å². The molecule has 1 aromatic carbocycles. The summed E-state index contributed by atoms with van der Waals surface area (Å²) in [6.45, 7) is 5.28. The summed E-state index contributed by atoms with van der Waals surface area (Å²) in [7, 11) is -3.14. The van der Waals surface area contributed by atoms with Crippen LogP contribution in [0.2, 0.25) is 0 Å². The van der Waals surface area contributed by atoms with E-state index in [4.69, 9.17) is 4.74 Å². The Labute approximate surface area is 185 Å². The Balaban J connectivity index is 1.67. The highest BCUT2D eigenvalue weighted by Crippen LogP contribution is 2.38. The number of fused-ring (bicyclic) bond motifs is 1. The third kappa shape index (κ3) is 6.67. The first-order valence-electron chi connectivity index (χ1n) is 9.88. The number of rotatable bonds is 5. The number of carbonyl (C=O) groups is 2. The minimum atomic E-state index is -3.14. The molecule has 2 heterocycles. The molecule has 2 amide bonds. The van der Waals surface area contributed by atoms with E-state index in [0.29, 0.717) is 18.1 Å². The Morgan fingerprint density at radius 2 is 1.94 bits per heavy atom. The molecule has 0 bridgehead atoms. The Kier molecular flexibility index (Phi) is 6.95. The quantitative estimate of drug-likeness (QED) is 0.700.